The summed E-state index contributed by atoms with van der Waals surface area (Å²) in [5.74, 6) is -1.63. The summed E-state index contributed by atoms with van der Waals surface area (Å²) in [6.45, 7) is 1.78. The minimum Gasteiger partial charge on any atom is -0.321 e. The summed E-state index contributed by atoms with van der Waals surface area (Å²) in [6.07, 6.45) is -3.68. The second-order valence-electron chi connectivity index (χ2n) is 8.40. The van der Waals surface area contributed by atoms with Gasteiger partial charge in [-0.3, -0.25) is 19.7 Å². The summed E-state index contributed by atoms with van der Waals surface area (Å²) in [7, 11) is 0. The van der Waals surface area contributed by atoms with Gasteiger partial charge in [0.05, 0.1) is 11.3 Å². The molecule has 4 aromatic rings. The lowest BCUT2D eigenvalue weighted by Gasteiger charge is -2.14. The third-order valence-corrected chi connectivity index (χ3v) is 7.12. The van der Waals surface area contributed by atoms with Crippen LogP contribution in [0.1, 0.15) is 26.5 Å². The van der Waals surface area contributed by atoms with Crippen molar-refractivity contribution in [1.29, 1.82) is 0 Å². The van der Waals surface area contributed by atoms with E-state index in [1.165, 1.54) is 53.4 Å². The number of benzene rings is 3. The summed E-state index contributed by atoms with van der Waals surface area (Å²) in [5, 5.41) is 16.5. The maximum Gasteiger partial charge on any atom is 0.416 e. The van der Waals surface area contributed by atoms with Crippen LogP contribution >= 0.6 is 23.1 Å². The number of hydrogen-bond acceptors (Lipinski definition) is 7. The molecule has 1 heterocycles. The number of carbonyl (C=O) groups is 3. The highest BCUT2D eigenvalue weighted by Gasteiger charge is 2.32. The van der Waals surface area contributed by atoms with Gasteiger partial charge in [-0.1, -0.05) is 47.7 Å². The van der Waals surface area contributed by atoms with E-state index in [0.717, 1.165) is 22.0 Å². The van der Waals surface area contributed by atoms with Crippen molar-refractivity contribution in [2.24, 2.45) is 0 Å². The first-order valence-electron chi connectivity index (χ1n) is 12.0. The lowest BCUT2D eigenvalue weighted by atomic mass is 10.1. The molecular weight excluding hydrogens is 575 g/mol. The molecule has 0 saturated heterocycles. The Hall–Kier alpha value is -4.49. The summed E-state index contributed by atoms with van der Waals surface area (Å²) < 4.78 is 40.8. The van der Waals surface area contributed by atoms with Gasteiger partial charge in [0.25, 0.3) is 11.8 Å². The van der Waals surface area contributed by atoms with Crippen molar-refractivity contribution >= 4 is 57.7 Å². The Morgan fingerprint density at radius 1 is 0.902 bits per heavy atom. The van der Waals surface area contributed by atoms with Crippen molar-refractivity contribution in [2.75, 3.05) is 16.4 Å². The zero-order valence-electron chi connectivity index (χ0n) is 21.4. The van der Waals surface area contributed by atoms with Gasteiger partial charge < -0.3 is 10.6 Å². The highest BCUT2D eigenvalue weighted by atomic mass is 32.2. The minimum absolute atomic E-state index is 0.112. The maximum absolute atomic E-state index is 13.6. The Morgan fingerprint density at radius 3 is 2.24 bits per heavy atom. The highest BCUT2D eigenvalue weighted by molar-refractivity contribution is 8.00. The molecule has 3 N–H and O–H groups in total. The van der Waals surface area contributed by atoms with E-state index < -0.39 is 23.6 Å². The topological polar surface area (TPSA) is 113 Å². The Balaban J connectivity index is 1.48. The number of rotatable bonds is 9. The molecule has 0 saturated carbocycles. The van der Waals surface area contributed by atoms with Gasteiger partial charge in [0.1, 0.15) is 10.7 Å². The molecule has 210 valence electrons. The van der Waals surface area contributed by atoms with Crippen LogP contribution in [0.4, 0.5) is 24.0 Å². The molecule has 13 heteroatoms. The predicted octanol–water partition coefficient (Wildman–Crippen LogP) is 6.01. The lowest BCUT2D eigenvalue weighted by molar-refractivity contribution is -0.137. The molecule has 0 bridgehead atoms. The molecule has 0 aliphatic heterocycles. The van der Waals surface area contributed by atoms with E-state index in [4.69, 9.17) is 0 Å². The summed E-state index contributed by atoms with van der Waals surface area (Å²) in [4.78, 5) is 38.8. The first-order valence-corrected chi connectivity index (χ1v) is 13.8. The van der Waals surface area contributed by atoms with E-state index in [2.05, 4.69) is 26.1 Å². The van der Waals surface area contributed by atoms with Crippen LogP contribution < -0.4 is 16.0 Å². The number of halogens is 3. The summed E-state index contributed by atoms with van der Waals surface area (Å²) >= 11 is 2.52. The molecule has 4 rings (SSSR count). The molecule has 0 aliphatic carbocycles. The van der Waals surface area contributed by atoms with Gasteiger partial charge in [-0.2, -0.15) is 13.2 Å². The second-order valence-corrected chi connectivity index (χ2v) is 10.6. The van der Waals surface area contributed by atoms with Crippen LogP contribution in [0.2, 0.25) is 0 Å². The van der Waals surface area contributed by atoms with Crippen molar-refractivity contribution in [3.8, 4) is 0 Å². The molecule has 1 aromatic heterocycles. The lowest BCUT2D eigenvalue weighted by Crippen LogP contribution is -2.30. The van der Waals surface area contributed by atoms with Crippen LogP contribution in [0, 0.1) is 6.92 Å². The van der Waals surface area contributed by atoms with Gasteiger partial charge >= 0.3 is 6.18 Å². The van der Waals surface area contributed by atoms with Gasteiger partial charge in [-0.15, -0.1) is 22.0 Å². The van der Waals surface area contributed by atoms with Crippen LogP contribution in [0.3, 0.4) is 0 Å². The Kier molecular flexibility index (Phi) is 9.53. The molecule has 0 fully saturated rings. The number of aromatic nitrogens is 2. The van der Waals surface area contributed by atoms with E-state index in [1.54, 1.807) is 49.4 Å². The zero-order valence-corrected chi connectivity index (χ0v) is 23.0. The average Bonchev–Trinajstić information content (AvgIpc) is 3.36. The Morgan fingerprint density at radius 2 is 1.59 bits per heavy atom. The van der Waals surface area contributed by atoms with Crippen LogP contribution in [0.25, 0.3) is 6.08 Å². The number of carbonyl (C=O) groups excluding carboxylic acids is 3. The van der Waals surface area contributed by atoms with Gasteiger partial charge in [0, 0.05) is 16.1 Å². The zero-order chi connectivity index (χ0) is 29.4. The number of amides is 3. The van der Waals surface area contributed by atoms with Crippen molar-refractivity contribution < 1.29 is 27.6 Å². The van der Waals surface area contributed by atoms with E-state index in [0.29, 0.717) is 10.8 Å². The fraction of sp³-hybridized carbons (Fsp3) is 0.107. The van der Waals surface area contributed by atoms with E-state index in [9.17, 15) is 27.6 Å². The molecule has 0 radical (unpaired) electrons. The highest BCUT2D eigenvalue weighted by Crippen LogP contribution is 2.33. The smallest absolute Gasteiger partial charge is 0.321 e. The van der Waals surface area contributed by atoms with Gasteiger partial charge in [-0.25, -0.2) is 0 Å². The largest absolute Gasteiger partial charge is 0.416 e. The van der Waals surface area contributed by atoms with Crippen molar-refractivity contribution in [2.45, 2.75) is 18.0 Å². The van der Waals surface area contributed by atoms with Crippen molar-refractivity contribution in [1.82, 2.24) is 15.5 Å². The first kappa shape index (κ1) is 29.5. The third-order valence-electron chi connectivity index (χ3n) is 5.35. The van der Waals surface area contributed by atoms with Crippen LogP contribution in [0.5, 0.6) is 0 Å². The Labute approximate surface area is 241 Å². The second kappa shape index (κ2) is 13.2. The first-order chi connectivity index (χ1) is 19.6. The van der Waals surface area contributed by atoms with Gasteiger partial charge in [0.15, 0.2) is 0 Å². The monoisotopic (exact) mass is 597 g/mol. The number of anilines is 2. The number of hydrogen-bond donors (Lipinski definition) is 3. The van der Waals surface area contributed by atoms with Crippen LogP contribution in [0.15, 0.2) is 89.5 Å². The molecule has 3 amide bonds. The molecule has 3 aromatic carbocycles. The fourth-order valence-corrected chi connectivity index (χ4v) is 4.77. The molecule has 0 aliphatic rings. The molecule has 41 heavy (non-hydrogen) atoms. The molecule has 0 unspecified atom stereocenters. The predicted molar refractivity (Wildman–Crippen MR) is 152 cm³/mol. The summed E-state index contributed by atoms with van der Waals surface area (Å²) in [6, 6.07) is 19.2. The molecule has 8 nitrogen and oxygen atoms in total. The van der Waals surface area contributed by atoms with E-state index in [-0.39, 0.29) is 28.5 Å². The van der Waals surface area contributed by atoms with Crippen molar-refractivity contribution in [3.63, 3.8) is 0 Å². The quantitative estimate of drug-likeness (QED) is 0.161. The molecule has 0 atom stereocenters. The molecule has 0 spiro atoms. The Bertz CT molecular complexity index is 1570. The number of thioether (sulfide) groups is 1. The van der Waals surface area contributed by atoms with E-state index in [1.807, 2.05) is 0 Å². The van der Waals surface area contributed by atoms with Crippen LogP contribution in [-0.4, -0.2) is 33.7 Å². The number of alkyl halides is 3. The third kappa shape index (κ3) is 8.50. The van der Waals surface area contributed by atoms with E-state index >= 15 is 0 Å². The van der Waals surface area contributed by atoms with Crippen molar-refractivity contribution in [3.05, 3.63) is 106 Å². The van der Waals surface area contributed by atoms with Gasteiger partial charge in [-0.05, 0) is 61.0 Å². The number of nitrogens with zero attached hydrogens (tertiary/aromatic N) is 2. The standard InChI is InChI=1S/C28H22F3N5O3S2/c1-17-35-36-27(41-17)34-24(37)16-40-21-13-11-20(12-14-21)32-26(39)23(33-25(38)18-7-3-2-4-8-18)15-19-9-5-6-10-22(19)28(29,30)31/h2-15H,16H2,1H3,(H,32,39)(H,33,38)(H,34,36,37)/b23-15-. The van der Waals surface area contributed by atoms with Crippen LogP contribution in [-0.2, 0) is 15.8 Å². The normalized spacial score (nSPS) is 11.6. The fourth-order valence-electron chi connectivity index (χ4n) is 3.46. The number of aryl methyl sites for hydroxylation is 1. The average molecular weight is 598 g/mol. The SMILES string of the molecule is Cc1nnc(NC(=O)CSc2ccc(NC(=O)/C(=C/c3ccccc3C(F)(F)F)NC(=O)c3ccccc3)cc2)s1. The number of nitrogens with one attached hydrogen (secondary N) is 3. The minimum atomic E-state index is -4.67. The molecular formula is C28H22F3N5O3S2. The van der Waals surface area contributed by atoms with Gasteiger partial charge in [0.2, 0.25) is 11.0 Å². The summed E-state index contributed by atoms with van der Waals surface area (Å²) in [5.41, 5.74) is -1.06. The maximum atomic E-state index is 13.6.